The molecule has 5 heteroatoms. The Hall–Kier alpha value is -1.88. The van der Waals surface area contributed by atoms with Gasteiger partial charge in [0, 0.05) is 5.69 Å². The summed E-state index contributed by atoms with van der Waals surface area (Å²) in [5.41, 5.74) is 7.09. The minimum atomic E-state index is -3.53. The molecule has 0 aromatic heterocycles. The second kappa shape index (κ2) is 5.01. The van der Waals surface area contributed by atoms with Gasteiger partial charge in [-0.25, -0.2) is 12.8 Å². The van der Waals surface area contributed by atoms with Crippen molar-refractivity contribution in [1.82, 2.24) is 0 Å². The van der Waals surface area contributed by atoms with Crippen LogP contribution in [0.3, 0.4) is 0 Å². The molecule has 2 rings (SSSR count). The fourth-order valence-corrected chi connectivity index (χ4v) is 3.54. The summed E-state index contributed by atoms with van der Waals surface area (Å²) in [5, 5.41) is 0. The monoisotopic (exact) mass is 279 g/mol. The molecule has 0 fully saturated rings. The van der Waals surface area contributed by atoms with Crippen molar-refractivity contribution in [3.05, 3.63) is 59.4 Å². The molecule has 0 amide bonds. The van der Waals surface area contributed by atoms with Gasteiger partial charge in [0.15, 0.2) is 9.84 Å². The Labute approximate surface area is 111 Å². The van der Waals surface area contributed by atoms with Crippen molar-refractivity contribution < 1.29 is 12.8 Å². The van der Waals surface area contributed by atoms with Crippen molar-refractivity contribution in [2.75, 3.05) is 5.73 Å². The average molecular weight is 279 g/mol. The van der Waals surface area contributed by atoms with E-state index in [9.17, 15) is 12.8 Å². The molecule has 0 heterocycles. The summed E-state index contributed by atoms with van der Waals surface area (Å²) in [7, 11) is -3.53. The van der Waals surface area contributed by atoms with E-state index in [0.29, 0.717) is 16.8 Å². The van der Waals surface area contributed by atoms with Gasteiger partial charge in [0.05, 0.1) is 10.6 Å². The maximum absolute atomic E-state index is 13.1. The Morgan fingerprint density at radius 1 is 1.16 bits per heavy atom. The highest BCUT2D eigenvalue weighted by Crippen LogP contribution is 2.24. The van der Waals surface area contributed by atoms with Crippen LogP contribution in [-0.4, -0.2) is 8.42 Å². The highest BCUT2D eigenvalue weighted by atomic mass is 32.2. The molecule has 0 saturated heterocycles. The number of anilines is 1. The van der Waals surface area contributed by atoms with E-state index in [0.717, 1.165) is 0 Å². The summed E-state index contributed by atoms with van der Waals surface area (Å²) < 4.78 is 37.7. The first-order chi connectivity index (χ1) is 8.90. The standard InChI is InChI=1S/C14H14FNO2S/c1-10-13(16)6-3-7-14(10)19(17,18)9-11-4-2-5-12(15)8-11/h2-8H,9,16H2,1H3. The molecule has 2 aromatic carbocycles. The maximum Gasteiger partial charge on any atom is 0.182 e. The summed E-state index contributed by atoms with van der Waals surface area (Å²) >= 11 is 0. The van der Waals surface area contributed by atoms with Gasteiger partial charge in [-0.1, -0.05) is 18.2 Å². The lowest BCUT2D eigenvalue weighted by atomic mass is 10.2. The van der Waals surface area contributed by atoms with Crippen LogP contribution in [0.4, 0.5) is 10.1 Å². The predicted octanol–water partition coefficient (Wildman–Crippen LogP) is 2.69. The van der Waals surface area contributed by atoms with Crippen LogP contribution in [-0.2, 0) is 15.6 Å². The Morgan fingerprint density at radius 2 is 1.84 bits per heavy atom. The molecule has 0 atom stereocenters. The number of hydrogen-bond acceptors (Lipinski definition) is 3. The summed E-state index contributed by atoms with van der Waals surface area (Å²) in [6, 6.07) is 10.3. The molecule has 2 N–H and O–H groups in total. The van der Waals surface area contributed by atoms with Crippen molar-refractivity contribution in [3.63, 3.8) is 0 Å². The molecule has 0 bridgehead atoms. The van der Waals surface area contributed by atoms with Gasteiger partial charge in [0.2, 0.25) is 0 Å². The van der Waals surface area contributed by atoms with Crippen LogP contribution in [0.2, 0.25) is 0 Å². The van der Waals surface area contributed by atoms with E-state index in [1.54, 1.807) is 25.1 Å². The third kappa shape index (κ3) is 2.93. The van der Waals surface area contributed by atoms with E-state index >= 15 is 0 Å². The topological polar surface area (TPSA) is 60.2 Å². The largest absolute Gasteiger partial charge is 0.398 e. The number of nitrogens with two attached hydrogens (primary N) is 1. The van der Waals surface area contributed by atoms with Crippen LogP contribution in [0.1, 0.15) is 11.1 Å². The molecule has 0 aliphatic rings. The molecule has 0 aliphatic heterocycles. The van der Waals surface area contributed by atoms with E-state index in [2.05, 4.69) is 0 Å². The number of hydrogen-bond donors (Lipinski definition) is 1. The minimum absolute atomic E-state index is 0.191. The SMILES string of the molecule is Cc1c(N)cccc1S(=O)(=O)Cc1cccc(F)c1. The van der Waals surface area contributed by atoms with Crippen molar-refractivity contribution in [2.45, 2.75) is 17.6 Å². The van der Waals surface area contributed by atoms with E-state index in [-0.39, 0.29) is 10.6 Å². The first-order valence-electron chi connectivity index (χ1n) is 5.72. The molecule has 0 saturated carbocycles. The molecular weight excluding hydrogens is 265 g/mol. The zero-order valence-electron chi connectivity index (χ0n) is 10.4. The summed E-state index contributed by atoms with van der Waals surface area (Å²) in [6.07, 6.45) is 0. The van der Waals surface area contributed by atoms with Gasteiger partial charge >= 0.3 is 0 Å². The minimum Gasteiger partial charge on any atom is -0.398 e. The number of sulfone groups is 1. The molecule has 0 spiro atoms. The van der Waals surface area contributed by atoms with Gasteiger partial charge in [0.25, 0.3) is 0 Å². The average Bonchev–Trinajstić information content (AvgIpc) is 2.32. The first kappa shape index (κ1) is 13.5. The van der Waals surface area contributed by atoms with Gasteiger partial charge in [-0.05, 0) is 42.3 Å². The Balaban J connectivity index is 2.41. The quantitative estimate of drug-likeness (QED) is 0.879. The normalized spacial score (nSPS) is 11.5. The van der Waals surface area contributed by atoms with Crippen molar-refractivity contribution in [3.8, 4) is 0 Å². The third-order valence-electron chi connectivity index (χ3n) is 2.91. The highest BCUT2D eigenvalue weighted by molar-refractivity contribution is 7.90. The second-order valence-corrected chi connectivity index (χ2v) is 6.32. The third-order valence-corrected chi connectivity index (χ3v) is 4.73. The number of benzene rings is 2. The van der Waals surface area contributed by atoms with Crippen molar-refractivity contribution >= 4 is 15.5 Å². The number of rotatable bonds is 3. The van der Waals surface area contributed by atoms with E-state index < -0.39 is 15.7 Å². The maximum atomic E-state index is 13.1. The van der Waals surface area contributed by atoms with Gasteiger partial charge < -0.3 is 5.73 Å². The fourth-order valence-electron chi connectivity index (χ4n) is 1.89. The van der Waals surface area contributed by atoms with Gasteiger partial charge in [0.1, 0.15) is 5.82 Å². The van der Waals surface area contributed by atoms with Crippen LogP contribution < -0.4 is 5.73 Å². The van der Waals surface area contributed by atoms with E-state index in [1.165, 1.54) is 24.3 Å². The van der Waals surface area contributed by atoms with Crippen LogP contribution in [0.25, 0.3) is 0 Å². The Kier molecular flexibility index (Phi) is 3.57. The zero-order chi connectivity index (χ0) is 14.0. The Morgan fingerprint density at radius 3 is 2.53 bits per heavy atom. The molecule has 0 aliphatic carbocycles. The summed E-state index contributed by atoms with van der Waals surface area (Å²) in [5.74, 6) is -0.688. The predicted molar refractivity (Wildman–Crippen MR) is 72.9 cm³/mol. The smallest absolute Gasteiger partial charge is 0.182 e. The van der Waals surface area contributed by atoms with Gasteiger partial charge in [-0.15, -0.1) is 0 Å². The molecular formula is C14H14FNO2S. The van der Waals surface area contributed by atoms with Gasteiger partial charge in [-0.2, -0.15) is 0 Å². The molecule has 2 aromatic rings. The van der Waals surface area contributed by atoms with Gasteiger partial charge in [-0.3, -0.25) is 0 Å². The molecule has 0 unspecified atom stereocenters. The lowest BCUT2D eigenvalue weighted by Gasteiger charge is -2.09. The molecule has 0 radical (unpaired) electrons. The Bertz CT molecular complexity index is 711. The lowest BCUT2D eigenvalue weighted by molar-refractivity contribution is 0.594. The van der Waals surface area contributed by atoms with Crippen LogP contribution in [0, 0.1) is 12.7 Å². The van der Waals surface area contributed by atoms with Crippen LogP contribution in [0.5, 0.6) is 0 Å². The number of nitrogen functional groups attached to an aromatic ring is 1. The van der Waals surface area contributed by atoms with Crippen molar-refractivity contribution in [2.24, 2.45) is 0 Å². The summed E-state index contributed by atoms with van der Waals surface area (Å²) in [4.78, 5) is 0.191. The lowest BCUT2D eigenvalue weighted by Crippen LogP contribution is -2.08. The van der Waals surface area contributed by atoms with Crippen molar-refractivity contribution in [1.29, 1.82) is 0 Å². The summed E-state index contributed by atoms with van der Waals surface area (Å²) in [6.45, 7) is 1.66. The fraction of sp³-hybridized carbons (Fsp3) is 0.143. The zero-order valence-corrected chi connectivity index (χ0v) is 11.2. The van der Waals surface area contributed by atoms with E-state index in [1.807, 2.05) is 0 Å². The highest BCUT2D eigenvalue weighted by Gasteiger charge is 2.18. The molecule has 3 nitrogen and oxygen atoms in total. The van der Waals surface area contributed by atoms with Crippen LogP contribution >= 0.6 is 0 Å². The molecule has 19 heavy (non-hydrogen) atoms. The van der Waals surface area contributed by atoms with E-state index in [4.69, 9.17) is 5.73 Å². The molecule has 100 valence electrons. The second-order valence-electron chi connectivity index (χ2n) is 4.36. The first-order valence-corrected chi connectivity index (χ1v) is 7.37. The van der Waals surface area contributed by atoms with Crippen LogP contribution in [0.15, 0.2) is 47.4 Å². The number of halogens is 1.